The van der Waals surface area contributed by atoms with Gasteiger partial charge in [-0.2, -0.15) is 0 Å². The molecule has 0 fully saturated rings. The summed E-state index contributed by atoms with van der Waals surface area (Å²) in [6, 6.07) is 0. The zero-order valence-corrected chi connectivity index (χ0v) is 13.3. The second kappa shape index (κ2) is 10.1. The molecule has 0 saturated heterocycles. The van der Waals surface area contributed by atoms with Crippen LogP contribution in [0, 0.1) is 0 Å². The Balaban J connectivity index is 2.49. The first-order valence-electron chi connectivity index (χ1n) is 8.02. The number of rotatable bonds is 10. The van der Waals surface area contributed by atoms with Gasteiger partial charge in [0.25, 0.3) is 0 Å². The van der Waals surface area contributed by atoms with Crippen LogP contribution in [0.2, 0.25) is 0 Å². The topological polar surface area (TPSA) is 74.6 Å². The lowest BCUT2D eigenvalue weighted by Gasteiger charge is -2.05. The van der Waals surface area contributed by atoms with E-state index in [1.807, 2.05) is 12.2 Å². The van der Waals surface area contributed by atoms with Gasteiger partial charge in [-0.25, -0.2) is 0 Å². The van der Waals surface area contributed by atoms with Gasteiger partial charge in [0.05, 0.1) is 6.10 Å². The standard InChI is InChI=1S/C18H26O4/c1-2-3-4-8-16-14(11-13-17(16)20)10-12-15(19)7-5-6-9-18(21)22/h3-4,10,12,15,19H,2,5-9,11,13H2,1H3,(H,21,22)/b4-3-,12-10+/t15-/m0/s1. The van der Waals surface area contributed by atoms with Gasteiger partial charge in [0, 0.05) is 18.4 Å². The average molecular weight is 306 g/mol. The third-order valence-electron chi connectivity index (χ3n) is 3.73. The SMILES string of the molecule is CC/C=C\CC1=C(/C=C/[C@@H](O)CCCCC(=O)O)CCC1=O. The van der Waals surface area contributed by atoms with Crippen LogP contribution in [0.5, 0.6) is 0 Å². The van der Waals surface area contributed by atoms with E-state index in [9.17, 15) is 14.7 Å². The first-order chi connectivity index (χ1) is 10.5. The number of unbranched alkanes of at least 4 members (excludes halogenated alkanes) is 1. The fraction of sp³-hybridized carbons (Fsp3) is 0.556. The zero-order chi connectivity index (χ0) is 16.4. The number of hydrogen-bond acceptors (Lipinski definition) is 3. The highest BCUT2D eigenvalue weighted by Crippen LogP contribution is 2.27. The number of aliphatic hydroxyl groups is 1. The maximum absolute atomic E-state index is 11.9. The third kappa shape index (κ3) is 6.85. The van der Waals surface area contributed by atoms with Crippen LogP contribution in [0.1, 0.15) is 58.3 Å². The van der Waals surface area contributed by atoms with Crippen molar-refractivity contribution in [3.05, 3.63) is 35.5 Å². The minimum absolute atomic E-state index is 0.143. The number of aliphatic hydroxyl groups excluding tert-OH is 1. The van der Waals surface area contributed by atoms with E-state index in [4.69, 9.17) is 5.11 Å². The molecule has 122 valence electrons. The Morgan fingerprint density at radius 2 is 2.05 bits per heavy atom. The van der Waals surface area contributed by atoms with Crippen LogP contribution in [-0.4, -0.2) is 28.1 Å². The first kappa shape index (κ1) is 18.4. The van der Waals surface area contributed by atoms with Crippen molar-refractivity contribution in [2.75, 3.05) is 0 Å². The van der Waals surface area contributed by atoms with Gasteiger partial charge < -0.3 is 10.2 Å². The monoisotopic (exact) mass is 306 g/mol. The Bertz CT molecular complexity index is 471. The molecule has 0 heterocycles. The molecule has 0 amide bonds. The van der Waals surface area contributed by atoms with Gasteiger partial charge in [0.2, 0.25) is 0 Å². The summed E-state index contributed by atoms with van der Waals surface area (Å²) < 4.78 is 0. The van der Waals surface area contributed by atoms with Crippen LogP contribution >= 0.6 is 0 Å². The fourth-order valence-corrected chi connectivity index (χ4v) is 2.48. The molecular weight excluding hydrogens is 280 g/mol. The quantitative estimate of drug-likeness (QED) is 0.478. The maximum Gasteiger partial charge on any atom is 0.303 e. The molecule has 0 saturated carbocycles. The average Bonchev–Trinajstić information content (AvgIpc) is 2.82. The van der Waals surface area contributed by atoms with Gasteiger partial charge in [-0.1, -0.05) is 31.2 Å². The summed E-state index contributed by atoms with van der Waals surface area (Å²) in [5.74, 6) is -0.596. The Hall–Kier alpha value is -1.68. The lowest BCUT2D eigenvalue weighted by molar-refractivity contribution is -0.137. The van der Waals surface area contributed by atoms with Crippen LogP contribution in [-0.2, 0) is 9.59 Å². The number of ketones is 1. The lowest BCUT2D eigenvalue weighted by Crippen LogP contribution is -2.03. The van der Waals surface area contributed by atoms with Crippen molar-refractivity contribution in [2.24, 2.45) is 0 Å². The largest absolute Gasteiger partial charge is 0.481 e. The molecule has 0 aromatic heterocycles. The van der Waals surface area contributed by atoms with Crippen LogP contribution in [0.25, 0.3) is 0 Å². The number of carboxylic acid groups (broad SMARTS) is 1. The number of carbonyl (C=O) groups excluding carboxylic acids is 1. The van der Waals surface area contributed by atoms with Gasteiger partial charge in [0.15, 0.2) is 5.78 Å². The highest BCUT2D eigenvalue weighted by molar-refractivity contribution is 5.99. The van der Waals surface area contributed by atoms with Crippen molar-refractivity contribution >= 4 is 11.8 Å². The smallest absolute Gasteiger partial charge is 0.303 e. The normalized spacial score (nSPS) is 17.1. The molecule has 1 rings (SSSR count). The summed E-state index contributed by atoms with van der Waals surface area (Å²) in [5, 5.41) is 18.4. The van der Waals surface area contributed by atoms with Crippen molar-refractivity contribution in [1.82, 2.24) is 0 Å². The number of Topliss-reactive ketones (excluding diaryl/α,β-unsaturated/α-hetero) is 1. The van der Waals surface area contributed by atoms with E-state index >= 15 is 0 Å². The summed E-state index contributed by atoms with van der Waals surface area (Å²) in [7, 11) is 0. The van der Waals surface area contributed by atoms with E-state index in [0.717, 1.165) is 24.0 Å². The Labute approximate surface area is 132 Å². The molecule has 0 aromatic rings. The van der Waals surface area contributed by atoms with Gasteiger partial charge >= 0.3 is 5.97 Å². The fourth-order valence-electron chi connectivity index (χ4n) is 2.48. The number of allylic oxidation sites excluding steroid dienone is 5. The highest BCUT2D eigenvalue weighted by atomic mass is 16.4. The zero-order valence-electron chi connectivity index (χ0n) is 13.3. The molecule has 0 unspecified atom stereocenters. The molecule has 0 bridgehead atoms. The molecule has 0 radical (unpaired) electrons. The Kier molecular flexibility index (Phi) is 8.44. The first-order valence-corrected chi connectivity index (χ1v) is 8.02. The predicted molar refractivity (Wildman–Crippen MR) is 86.6 cm³/mol. The van der Waals surface area contributed by atoms with Crippen LogP contribution in [0.4, 0.5) is 0 Å². The van der Waals surface area contributed by atoms with Crippen molar-refractivity contribution in [2.45, 2.75) is 64.4 Å². The van der Waals surface area contributed by atoms with Crippen LogP contribution in [0.15, 0.2) is 35.5 Å². The Morgan fingerprint density at radius 1 is 1.27 bits per heavy atom. The van der Waals surface area contributed by atoms with Gasteiger partial charge in [-0.05, 0) is 44.1 Å². The maximum atomic E-state index is 11.9. The molecule has 1 aliphatic rings. The second-order valence-electron chi connectivity index (χ2n) is 5.58. The van der Waals surface area contributed by atoms with E-state index < -0.39 is 12.1 Å². The second-order valence-corrected chi connectivity index (χ2v) is 5.58. The summed E-state index contributed by atoms with van der Waals surface area (Å²) >= 11 is 0. The minimum atomic E-state index is -0.801. The summed E-state index contributed by atoms with van der Waals surface area (Å²) in [6.45, 7) is 2.06. The molecule has 1 aliphatic carbocycles. The molecule has 22 heavy (non-hydrogen) atoms. The minimum Gasteiger partial charge on any atom is -0.481 e. The lowest BCUT2D eigenvalue weighted by atomic mass is 10.0. The number of carboxylic acids is 1. The summed E-state index contributed by atoms with van der Waals surface area (Å²) in [4.78, 5) is 22.3. The number of aliphatic carboxylic acids is 1. The number of hydrogen-bond donors (Lipinski definition) is 2. The van der Waals surface area contributed by atoms with E-state index in [1.54, 1.807) is 6.08 Å². The van der Waals surface area contributed by atoms with Gasteiger partial charge in [-0.15, -0.1) is 0 Å². The molecule has 4 heteroatoms. The van der Waals surface area contributed by atoms with Gasteiger partial charge in [-0.3, -0.25) is 9.59 Å². The van der Waals surface area contributed by atoms with E-state index in [-0.39, 0.29) is 12.2 Å². The molecule has 1 atom stereocenters. The predicted octanol–water partition coefficient (Wildman–Crippen LogP) is 3.56. The molecular formula is C18H26O4. The van der Waals surface area contributed by atoms with Gasteiger partial charge in [0.1, 0.15) is 0 Å². The Morgan fingerprint density at radius 3 is 2.73 bits per heavy atom. The van der Waals surface area contributed by atoms with Crippen molar-refractivity contribution < 1.29 is 19.8 Å². The van der Waals surface area contributed by atoms with E-state index in [2.05, 4.69) is 13.0 Å². The summed E-state index contributed by atoms with van der Waals surface area (Å²) in [5.41, 5.74) is 1.88. The molecule has 2 N–H and O–H groups in total. The number of carbonyl (C=O) groups is 2. The molecule has 0 aliphatic heterocycles. The van der Waals surface area contributed by atoms with Crippen LogP contribution < -0.4 is 0 Å². The van der Waals surface area contributed by atoms with E-state index in [0.29, 0.717) is 32.1 Å². The highest BCUT2D eigenvalue weighted by Gasteiger charge is 2.20. The van der Waals surface area contributed by atoms with Crippen molar-refractivity contribution in [3.8, 4) is 0 Å². The molecule has 4 nitrogen and oxygen atoms in total. The molecule has 0 aromatic carbocycles. The van der Waals surface area contributed by atoms with E-state index in [1.165, 1.54) is 0 Å². The summed E-state index contributed by atoms with van der Waals surface area (Å²) in [6.07, 6.45) is 12.0. The van der Waals surface area contributed by atoms with Crippen LogP contribution in [0.3, 0.4) is 0 Å². The van der Waals surface area contributed by atoms with Crippen molar-refractivity contribution in [1.29, 1.82) is 0 Å². The third-order valence-corrected chi connectivity index (χ3v) is 3.73. The van der Waals surface area contributed by atoms with Crippen molar-refractivity contribution in [3.63, 3.8) is 0 Å². The molecule has 0 spiro atoms.